The number of hydrogen-bond acceptors (Lipinski definition) is 6. The van der Waals surface area contributed by atoms with Gasteiger partial charge in [-0.1, -0.05) is 30.7 Å². The monoisotopic (exact) mass is 503 g/mol. The number of hydrogen-bond donors (Lipinski definition) is 1. The molecule has 3 aromatic rings. The van der Waals surface area contributed by atoms with E-state index >= 15 is 0 Å². The predicted octanol–water partition coefficient (Wildman–Crippen LogP) is 2.85. The third-order valence-electron chi connectivity index (χ3n) is 5.93. The smallest absolute Gasteiger partial charge is 0.232 e. The Hall–Kier alpha value is -2.66. The van der Waals surface area contributed by atoms with Crippen molar-refractivity contribution in [1.29, 1.82) is 0 Å². The largest absolute Gasteiger partial charge is 0.300 e. The third kappa shape index (κ3) is 5.20. The van der Waals surface area contributed by atoms with Crippen molar-refractivity contribution in [2.45, 2.75) is 19.9 Å². The van der Waals surface area contributed by atoms with Crippen molar-refractivity contribution < 1.29 is 8.42 Å². The number of aliphatic imine (C=N–C) groups is 1. The zero-order chi connectivity index (χ0) is 24.5. The summed E-state index contributed by atoms with van der Waals surface area (Å²) in [5, 5.41) is 2.38. The van der Waals surface area contributed by atoms with Crippen molar-refractivity contribution in [1.82, 2.24) is 19.3 Å². The highest BCUT2D eigenvalue weighted by atomic mass is 35.5. The second kappa shape index (κ2) is 9.91. The lowest BCUT2D eigenvalue weighted by Crippen LogP contribution is -2.53. The number of nitrogens with zero attached hydrogens (tertiary/aromatic N) is 6. The lowest BCUT2D eigenvalue weighted by molar-refractivity contribution is 0.221. The number of nitrogens with two attached hydrogens (primary N) is 1. The molecule has 0 spiro atoms. The van der Waals surface area contributed by atoms with Crippen LogP contribution in [0.5, 0.6) is 0 Å². The Balaban J connectivity index is 1.78. The summed E-state index contributed by atoms with van der Waals surface area (Å²) in [7, 11) is -1.85. The molecule has 0 saturated carbocycles. The average Bonchev–Trinajstić information content (AvgIpc) is 3.16. The van der Waals surface area contributed by atoms with Gasteiger partial charge in [0.1, 0.15) is 11.5 Å². The molecule has 34 heavy (non-hydrogen) atoms. The van der Waals surface area contributed by atoms with Crippen LogP contribution in [0.2, 0.25) is 5.02 Å². The molecule has 1 aliphatic heterocycles. The molecule has 3 heterocycles. The number of imidazole rings is 1. The van der Waals surface area contributed by atoms with Crippen LogP contribution in [0.15, 0.2) is 47.6 Å². The molecule has 1 aliphatic rings. The SMILES string of the molecule is CCCN=C1CN(Cc2c(-c3ccc(Cl)cc3)nc3ccc(N(C)S(C)(=O)=O)cn23)CCN1N. The lowest BCUT2D eigenvalue weighted by atomic mass is 10.1. The van der Waals surface area contributed by atoms with Crippen molar-refractivity contribution in [2.75, 3.05) is 43.8 Å². The highest BCUT2D eigenvalue weighted by Crippen LogP contribution is 2.29. The third-order valence-corrected chi connectivity index (χ3v) is 7.38. The topological polar surface area (TPSA) is 99.5 Å². The van der Waals surface area contributed by atoms with E-state index in [9.17, 15) is 8.42 Å². The number of halogens is 1. The summed E-state index contributed by atoms with van der Waals surface area (Å²) < 4.78 is 27.5. The Morgan fingerprint density at radius 2 is 1.91 bits per heavy atom. The van der Waals surface area contributed by atoms with Crippen LogP contribution in [0.1, 0.15) is 19.0 Å². The lowest BCUT2D eigenvalue weighted by Gasteiger charge is -2.34. The Bertz CT molecular complexity index is 1300. The van der Waals surface area contributed by atoms with Crippen molar-refractivity contribution in [2.24, 2.45) is 10.8 Å². The Morgan fingerprint density at radius 1 is 1.18 bits per heavy atom. The van der Waals surface area contributed by atoms with E-state index < -0.39 is 10.0 Å². The predicted molar refractivity (Wildman–Crippen MR) is 138 cm³/mol. The van der Waals surface area contributed by atoms with Crippen LogP contribution >= 0.6 is 11.6 Å². The van der Waals surface area contributed by atoms with E-state index in [1.165, 1.54) is 10.6 Å². The maximum atomic E-state index is 12.1. The van der Waals surface area contributed by atoms with E-state index in [1.54, 1.807) is 18.1 Å². The quantitative estimate of drug-likeness (QED) is 0.498. The van der Waals surface area contributed by atoms with Gasteiger partial charge in [0.2, 0.25) is 10.0 Å². The van der Waals surface area contributed by atoms with Gasteiger partial charge in [0, 0.05) is 50.0 Å². The average molecular weight is 504 g/mol. The second-order valence-corrected chi connectivity index (χ2v) is 10.9. The fraction of sp³-hybridized carbons (Fsp3) is 0.391. The van der Waals surface area contributed by atoms with Gasteiger partial charge in [0.05, 0.1) is 29.9 Å². The fourth-order valence-corrected chi connectivity index (χ4v) is 4.54. The number of rotatable bonds is 7. The van der Waals surface area contributed by atoms with E-state index in [2.05, 4.69) is 16.8 Å². The highest BCUT2D eigenvalue weighted by molar-refractivity contribution is 7.92. The maximum absolute atomic E-state index is 12.1. The van der Waals surface area contributed by atoms with Gasteiger partial charge in [-0.3, -0.25) is 23.6 Å². The van der Waals surface area contributed by atoms with Crippen molar-refractivity contribution in [3.8, 4) is 11.3 Å². The normalized spacial score (nSPS) is 16.5. The Labute approximate surface area is 205 Å². The van der Waals surface area contributed by atoms with E-state index in [4.69, 9.17) is 22.4 Å². The van der Waals surface area contributed by atoms with Gasteiger partial charge in [-0.05, 0) is 30.7 Å². The van der Waals surface area contributed by atoms with Gasteiger partial charge in [-0.15, -0.1) is 0 Å². The van der Waals surface area contributed by atoms with Gasteiger partial charge >= 0.3 is 0 Å². The van der Waals surface area contributed by atoms with Crippen LogP contribution < -0.4 is 10.1 Å². The Morgan fingerprint density at radius 3 is 2.59 bits per heavy atom. The molecule has 2 N–H and O–H groups in total. The molecule has 0 amide bonds. The first-order chi connectivity index (χ1) is 16.2. The number of hydrazine groups is 1. The van der Waals surface area contributed by atoms with Crippen LogP contribution in [0.4, 0.5) is 5.69 Å². The molecule has 1 saturated heterocycles. The molecular formula is C23H30ClN7O2S. The molecule has 2 aromatic heterocycles. The number of anilines is 1. The number of piperazine rings is 1. The fourth-order valence-electron chi connectivity index (χ4n) is 3.93. The van der Waals surface area contributed by atoms with E-state index in [1.807, 2.05) is 40.9 Å². The minimum absolute atomic E-state index is 0.563. The first-order valence-electron chi connectivity index (χ1n) is 11.2. The second-order valence-electron chi connectivity index (χ2n) is 8.46. The first-order valence-corrected chi connectivity index (χ1v) is 13.4. The molecule has 4 rings (SSSR count). The van der Waals surface area contributed by atoms with Gasteiger partial charge in [-0.25, -0.2) is 19.2 Å². The van der Waals surface area contributed by atoms with Gasteiger partial charge in [0.15, 0.2) is 0 Å². The van der Waals surface area contributed by atoms with Gasteiger partial charge in [-0.2, -0.15) is 0 Å². The summed E-state index contributed by atoms with van der Waals surface area (Å²) in [6.07, 6.45) is 3.97. The van der Waals surface area contributed by atoms with Crippen LogP contribution in [-0.4, -0.2) is 73.0 Å². The number of fused-ring (bicyclic) bond motifs is 1. The van der Waals surface area contributed by atoms with Crippen molar-refractivity contribution in [3.05, 3.63) is 53.3 Å². The van der Waals surface area contributed by atoms with Crippen LogP contribution in [0.3, 0.4) is 0 Å². The summed E-state index contributed by atoms with van der Waals surface area (Å²) in [6.45, 7) is 5.52. The zero-order valence-electron chi connectivity index (χ0n) is 19.6. The molecule has 1 aromatic carbocycles. The number of benzene rings is 1. The summed E-state index contributed by atoms with van der Waals surface area (Å²) in [5.41, 5.74) is 4.04. The summed E-state index contributed by atoms with van der Waals surface area (Å²) in [6, 6.07) is 11.2. The minimum Gasteiger partial charge on any atom is -0.300 e. The number of aromatic nitrogens is 2. The van der Waals surface area contributed by atoms with Crippen molar-refractivity contribution >= 4 is 38.8 Å². The molecular weight excluding hydrogens is 474 g/mol. The molecule has 0 unspecified atom stereocenters. The molecule has 9 nitrogen and oxygen atoms in total. The number of sulfonamides is 1. The molecule has 11 heteroatoms. The number of pyridine rings is 1. The molecule has 0 atom stereocenters. The van der Waals surface area contributed by atoms with E-state index in [0.29, 0.717) is 30.3 Å². The first kappa shape index (κ1) is 24.5. The molecule has 1 fully saturated rings. The van der Waals surface area contributed by atoms with Crippen LogP contribution in [0, 0.1) is 0 Å². The van der Waals surface area contributed by atoms with Gasteiger partial charge < -0.3 is 0 Å². The zero-order valence-corrected chi connectivity index (χ0v) is 21.2. The standard InChI is InChI=1S/C23H30ClN7O2S/c1-4-11-26-22-16-29(12-13-31(22)25)15-20-23(17-5-7-18(24)8-6-17)27-21-10-9-19(14-30(20)21)28(2)34(3,32)33/h5-10,14H,4,11-13,15-16,25H2,1-3H3. The van der Waals surface area contributed by atoms with E-state index in [0.717, 1.165) is 47.9 Å². The number of amidine groups is 1. The highest BCUT2D eigenvalue weighted by Gasteiger charge is 2.24. The van der Waals surface area contributed by atoms with Crippen LogP contribution in [-0.2, 0) is 16.6 Å². The summed E-state index contributed by atoms with van der Waals surface area (Å²) in [5.74, 6) is 7.03. The molecule has 0 bridgehead atoms. The minimum atomic E-state index is -3.40. The van der Waals surface area contributed by atoms with Crippen LogP contribution in [0.25, 0.3) is 16.9 Å². The Kier molecular flexibility index (Phi) is 7.13. The summed E-state index contributed by atoms with van der Waals surface area (Å²) in [4.78, 5) is 11.8. The van der Waals surface area contributed by atoms with Crippen molar-refractivity contribution in [3.63, 3.8) is 0 Å². The van der Waals surface area contributed by atoms with Gasteiger partial charge in [0.25, 0.3) is 0 Å². The van der Waals surface area contributed by atoms with E-state index in [-0.39, 0.29) is 0 Å². The summed E-state index contributed by atoms with van der Waals surface area (Å²) >= 11 is 6.12. The molecule has 182 valence electrons. The molecule has 0 radical (unpaired) electrons. The maximum Gasteiger partial charge on any atom is 0.232 e. The molecule has 0 aliphatic carbocycles.